The van der Waals surface area contributed by atoms with Crippen LogP contribution in [0.15, 0.2) is 48.5 Å². The number of ether oxygens (including phenoxy) is 3. The van der Waals surface area contributed by atoms with Crippen molar-refractivity contribution in [1.82, 2.24) is 4.90 Å². The molecule has 3 aliphatic rings. The van der Waals surface area contributed by atoms with Gasteiger partial charge in [-0.25, -0.2) is 4.79 Å². The van der Waals surface area contributed by atoms with E-state index in [4.69, 9.17) is 14.2 Å². The smallest absolute Gasteiger partial charge is 0.456 e. The van der Waals surface area contributed by atoms with E-state index in [9.17, 15) is 9.90 Å². The zero-order valence-electron chi connectivity index (χ0n) is 15.7. The Balaban J connectivity index is 1.42. The van der Waals surface area contributed by atoms with Crippen molar-refractivity contribution in [3.63, 3.8) is 0 Å². The van der Waals surface area contributed by atoms with Gasteiger partial charge in [-0.1, -0.05) is 30.7 Å². The van der Waals surface area contributed by atoms with Crippen LogP contribution in [0.5, 0.6) is 11.5 Å². The molecule has 2 saturated heterocycles. The van der Waals surface area contributed by atoms with Crippen molar-refractivity contribution in [3.05, 3.63) is 59.7 Å². The van der Waals surface area contributed by atoms with Gasteiger partial charge in [-0.2, -0.15) is 0 Å². The predicted octanol–water partition coefficient (Wildman–Crippen LogP) is 3.76. The van der Waals surface area contributed by atoms with Crippen LogP contribution in [0.25, 0.3) is 0 Å². The number of nitrogens with zero attached hydrogens (tertiary/aromatic N) is 1. The molecule has 146 valence electrons. The minimum absolute atomic E-state index is 0.209. The number of aliphatic hydroxyl groups is 1. The molecule has 6 heteroatoms. The van der Waals surface area contributed by atoms with Crippen molar-refractivity contribution >= 4 is 6.16 Å². The highest BCUT2D eigenvalue weighted by atomic mass is 16.8. The fourth-order valence-electron chi connectivity index (χ4n) is 4.84. The highest BCUT2D eigenvalue weighted by Gasteiger charge is 2.47. The molecule has 3 unspecified atom stereocenters. The van der Waals surface area contributed by atoms with Crippen molar-refractivity contribution < 1.29 is 24.1 Å². The highest BCUT2D eigenvalue weighted by Crippen LogP contribution is 2.47. The highest BCUT2D eigenvalue weighted by molar-refractivity contribution is 5.64. The summed E-state index contributed by atoms with van der Waals surface area (Å²) >= 11 is 0. The number of likely N-dealkylation sites (N-methyl/N-ethyl adjacent to an activating group) is 1. The van der Waals surface area contributed by atoms with Crippen LogP contribution < -0.4 is 4.74 Å². The van der Waals surface area contributed by atoms with Gasteiger partial charge >= 0.3 is 6.16 Å². The lowest BCUT2D eigenvalue weighted by Gasteiger charge is -2.35. The second-order valence-corrected chi connectivity index (χ2v) is 7.80. The molecule has 0 amide bonds. The van der Waals surface area contributed by atoms with Gasteiger partial charge in [0.25, 0.3) is 5.79 Å². The van der Waals surface area contributed by atoms with Gasteiger partial charge in [-0.3, -0.25) is 4.90 Å². The Hall–Kier alpha value is -2.57. The summed E-state index contributed by atoms with van der Waals surface area (Å²) < 4.78 is 17.1. The monoisotopic (exact) mass is 381 g/mol. The molecule has 1 N–H and O–H groups in total. The minimum atomic E-state index is -1.96. The van der Waals surface area contributed by atoms with Gasteiger partial charge in [-0.15, -0.1) is 0 Å². The van der Waals surface area contributed by atoms with Crippen LogP contribution in [-0.4, -0.2) is 41.4 Å². The standard InChI is InChI=1S/C22H23NO5/c1-23-14-7-6-10-17(23)20(13-14)27-21(24)28-22(25)15-8-2-4-11-18(15)26-19-12-5-3-9-16(19)22/h2-5,8-9,11-12,14,17,20,25H,6-7,10,13H2,1H3. The number of para-hydroxylation sites is 2. The van der Waals surface area contributed by atoms with E-state index in [0.717, 1.165) is 25.7 Å². The van der Waals surface area contributed by atoms with Crippen molar-refractivity contribution in [3.8, 4) is 11.5 Å². The molecule has 6 nitrogen and oxygen atoms in total. The Morgan fingerprint density at radius 3 is 2.39 bits per heavy atom. The van der Waals surface area contributed by atoms with E-state index in [1.165, 1.54) is 0 Å². The third-order valence-electron chi connectivity index (χ3n) is 6.27. The predicted molar refractivity (Wildman–Crippen MR) is 101 cm³/mol. The normalized spacial score (nSPS) is 27.3. The quantitative estimate of drug-likeness (QED) is 0.631. The number of piperidine rings is 1. The average molecular weight is 381 g/mol. The first-order chi connectivity index (χ1) is 13.6. The van der Waals surface area contributed by atoms with Gasteiger partial charge in [0.05, 0.1) is 11.1 Å². The van der Waals surface area contributed by atoms with Crippen molar-refractivity contribution in [2.24, 2.45) is 0 Å². The maximum absolute atomic E-state index is 12.7. The van der Waals surface area contributed by atoms with Gasteiger partial charge < -0.3 is 19.3 Å². The maximum Gasteiger partial charge on any atom is 0.511 e. The molecule has 5 rings (SSSR count). The SMILES string of the molecule is CN1C2CCCC1C(OC(=O)OC1(O)c3ccccc3Oc3ccccc31)C2. The largest absolute Gasteiger partial charge is 0.511 e. The minimum Gasteiger partial charge on any atom is -0.456 e. The van der Waals surface area contributed by atoms with Crippen LogP contribution in [0.1, 0.15) is 36.8 Å². The summed E-state index contributed by atoms with van der Waals surface area (Å²) in [6.07, 6.45) is 3.03. The fourth-order valence-corrected chi connectivity index (χ4v) is 4.84. The van der Waals surface area contributed by atoms with E-state index in [2.05, 4.69) is 11.9 Å². The molecule has 0 spiro atoms. The molecule has 0 radical (unpaired) electrons. The van der Waals surface area contributed by atoms with Crippen molar-refractivity contribution in [2.45, 2.75) is 49.7 Å². The van der Waals surface area contributed by atoms with Gasteiger partial charge in [0.2, 0.25) is 0 Å². The summed E-state index contributed by atoms with van der Waals surface area (Å²) in [5.41, 5.74) is 0.765. The van der Waals surface area contributed by atoms with Crippen molar-refractivity contribution in [2.75, 3.05) is 7.05 Å². The van der Waals surface area contributed by atoms with E-state index in [0.29, 0.717) is 28.7 Å². The number of carbonyl (C=O) groups is 1. The summed E-state index contributed by atoms with van der Waals surface area (Å²) in [5.74, 6) is -1.05. The van der Waals surface area contributed by atoms with Crippen LogP contribution in [0.3, 0.4) is 0 Å². The van der Waals surface area contributed by atoms with Gasteiger partial charge in [0, 0.05) is 18.5 Å². The number of rotatable bonds is 2. The Bertz CT molecular complexity index is 868. The fraction of sp³-hybridized carbons (Fsp3) is 0.409. The summed E-state index contributed by atoms with van der Waals surface area (Å²) in [6.45, 7) is 0. The molecule has 3 heterocycles. The van der Waals surface area contributed by atoms with E-state index >= 15 is 0 Å². The van der Waals surface area contributed by atoms with Gasteiger partial charge in [0.15, 0.2) is 0 Å². The zero-order valence-corrected chi connectivity index (χ0v) is 15.7. The summed E-state index contributed by atoms with van der Waals surface area (Å²) in [4.78, 5) is 15.0. The van der Waals surface area contributed by atoms with Crippen LogP contribution in [-0.2, 0) is 15.3 Å². The van der Waals surface area contributed by atoms with Gasteiger partial charge in [0.1, 0.15) is 17.6 Å². The average Bonchev–Trinajstić information content (AvgIpc) is 2.85. The van der Waals surface area contributed by atoms with Crippen LogP contribution >= 0.6 is 0 Å². The Labute approximate surface area is 163 Å². The Kier molecular flexibility index (Phi) is 4.07. The Morgan fingerprint density at radius 1 is 1.11 bits per heavy atom. The topological polar surface area (TPSA) is 68.2 Å². The van der Waals surface area contributed by atoms with Crippen LogP contribution in [0, 0.1) is 0 Å². The molecular formula is C22H23NO5. The number of hydrogen-bond acceptors (Lipinski definition) is 6. The molecular weight excluding hydrogens is 358 g/mol. The molecule has 2 aromatic carbocycles. The number of carbonyl (C=O) groups excluding carboxylic acids is 1. The second kappa shape index (κ2) is 6.50. The van der Waals surface area contributed by atoms with E-state index < -0.39 is 11.9 Å². The lowest BCUT2D eigenvalue weighted by molar-refractivity contribution is -0.163. The third-order valence-corrected chi connectivity index (χ3v) is 6.27. The van der Waals surface area contributed by atoms with Gasteiger partial charge in [-0.05, 0) is 44.2 Å². The zero-order chi connectivity index (χ0) is 19.3. The number of benzene rings is 2. The second-order valence-electron chi connectivity index (χ2n) is 7.80. The lowest BCUT2D eigenvalue weighted by atomic mass is 9.93. The molecule has 2 aromatic rings. The van der Waals surface area contributed by atoms with E-state index in [1.54, 1.807) is 48.5 Å². The van der Waals surface area contributed by atoms with E-state index in [1.807, 2.05) is 0 Å². The summed E-state index contributed by atoms with van der Waals surface area (Å²) in [6, 6.07) is 14.7. The molecule has 2 fully saturated rings. The lowest BCUT2D eigenvalue weighted by Crippen LogP contribution is -2.41. The number of fused-ring (bicyclic) bond motifs is 4. The molecule has 2 bridgehead atoms. The van der Waals surface area contributed by atoms with Crippen LogP contribution in [0.4, 0.5) is 4.79 Å². The molecule has 3 atom stereocenters. The maximum atomic E-state index is 12.7. The van der Waals surface area contributed by atoms with Crippen molar-refractivity contribution in [1.29, 1.82) is 0 Å². The van der Waals surface area contributed by atoms with Crippen LogP contribution in [0.2, 0.25) is 0 Å². The molecule has 0 saturated carbocycles. The summed E-state index contributed by atoms with van der Waals surface area (Å²) in [7, 11) is 2.09. The summed E-state index contributed by atoms with van der Waals surface area (Å²) in [5, 5.41) is 11.4. The first kappa shape index (κ1) is 17.5. The molecule has 0 aliphatic carbocycles. The first-order valence-electron chi connectivity index (χ1n) is 9.77. The van der Waals surface area contributed by atoms with E-state index in [-0.39, 0.29) is 12.1 Å². The molecule has 28 heavy (non-hydrogen) atoms. The third kappa shape index (κ3) is 2.67. The molecule has 3 aliphatic heterocycles. The number of hydrogen-bond donors (Lipinski definition) is 1. The first-order valence-corrected chi connectivity index (χ1v) is 9.77. The molecule has 0 aromatic heterocycles. The Morgan fingerprint density at radius 2 is 1.75 bits per heavy atom.